The minimum Gasteiger partial charge on any atom is -0.207 e. The maximum Gasteiger partial charge on any atom is 0.133 e. The van der Waals surface area contributed by atoms with Crippen LogP contribution >= 0.6 is 15.9 Å². The van der Waals surface area contributed by atoms with Crippen molar-refractivity contribution < 1.29 is 8.78 Å². The molecule has 3 heteroatoms. The molecule has 2 aromatic carbocycles. The van der Waals surface area contributed by atoms with E-state index in [1.54, 1.807) is 6.92 Å². The third-order valence-corrected chi connectivity index (χ3v) is 4.97. The first kappa shape index (κ1) is 16.2. The van der Waals surface area contributed by atoms with Crippen LogP contribution in [0.4, 0.5) is 8.78 Å². The van der Waals surface area contributed by atoms with Gasteiger partial charge in [0.2, 0.25) is 0 Å². The lowest BCUT2D eigenvalue weighted by Crippen LogP contribution is -2.03. The highest BCUT2D eigenvalue weighted by Crippen LogP contribution is 2.35. The lowest BCUT2D eigenvalue weighted by molar-refractivity contribution is 0.555. The van der Waals surface area contributed by atoms with Gasteiger partial charge in [-0.05, 0) is 42.0 Å². The van der Waals surface area contributed by atoms with E-state index in [1.807, 2.05) is 24.3 Å². The van der Waals surface area contributed by atoms with Gasteiger partial charge in [-0.3, -0.25) is 0 Å². The molecule has 0 fully saturated rings. The second kappa shape index (κ2) is 6.69. The number of rotatable bonds is 4. The molecule has 0 heterocycles. The summed E-state index contributed by atoms with van der Waals surface area (Å²) in [6.45, 7) is 5.95. The lowest BCUT2D eigenvalue weighted by Gasteiger charge is -2.16. The van der Waals surface area contributed by atoms with Gasteiger partial charge in [0.1, 0.15) is 11.6 Å². The zero-order chi connectivity index (χ0) is 15.6. The van der Waals surface area contributed by atoms with Gasteiger partial charge in [0.25, 0.3) is 0 Å². The molecule has 0 aliphatic heterocycles. The van der Waals surface area contributed by atoms with Crippen molar-refractivity contribution in [3.8, 4) is 0 Å². The van der Waals surface area contributed by atoms with Crippen molar-refractivity contribution in [2.75, 3.05) is 0 Å². The molecule has 0 bridgehead atoms. The van der Waals surface area contributed by atoms with Crippen LogP contribution < -0.4 is 0 Å². The van der Waals surface area contributed by atoms with E-state index in [2.05, 4.69) is 29.8 Å². The minimum absolute atomic E-state index is 0.0753. The van der Waals surface area contributed by atoms with E-state index in [0.717, 1.165) is 12.0 Å². The van der Waals surface area contributed by atoms with E-state index in [0.29, 0.717) is 11.5 Å². The second-order valence-electron chi connectivity index (χ2n) is 5.43. The van der Waals surface area contributed by atoms with Crippen LogP contribution in [0.5, 0.6) is 0 Å². The van der Waals surface area contributed by atoms with E-state index >= 15 is 0 Å². The Kier molecular flexibility index (Phi) is 5.15. The highest BCUT2D eigenvalue weighted by Gasteiger charge is 2.21. The van der Waals surface area contributed by atoms with Crippen molar-refractivity contribution in [1.82, 2.24) is 0 Å². The van der Waals surface area contributed by atoms with Crippen LogP contribution in [0.15, 0.2) is 36.4 Å². The monoisotopic (exact) mass is 352 g/mol. The average molecular weight is 353 g/mol. The molecule has 2 rings (SSSR count). The average Bonchev–Trinajstić information content (AvgIpc) is 2.50. The molecule has 0 aliphatic carbocycles. The van der Waals surface area contributed by atoms with Crippen molar-refractivity contribution in [3.05, 3.63) is 70.3 Å². The van der Waals surface area contributed by atoms with Gasteiger partial charge in [0.05, 0.1) is 4.83 Å². The molecule has 0 saturated heterocycles. The van der Waals surface area contributed by atoms with E-state index < -0.39 is 16.5 Å². The Morgan fingerprint density at radius 1 is 1.00 bits per heavy atom. The number of benzene rings is 2. The molecular weight excluding hydrogens is 334 g/mol. The summed E-state index contributed by atoms with van der Waals surface area (Å²) in [6.07, 6.45) is 1.07. The first-order valence-corrected chi connectivity index (χ1v) is 8.05. The smallest absolute Gasteiger partial charge is 0.133 e. The molecule has 0 nitrogen and oxygen atoms in total. The largest absolute Gasteiger partial charge is 0.207 e. The molecule has 2 aromatic rings. The highest BCUT2D eigenvalue weighted by molar-refractivity contribution is 9.09. The molecule has 21 heavy (non-hydrogen) atoms. The van der Waals surface area contributed by atoms with Crippen LogP contribution in [-0.4, -0.2) is 0 Å². The lowest BCUT2D eigenvalue weighted by atomic mass is 9.95. The van der Waals surface area contributed by atoms with Crippen LogP contribution in [0.25, 0.3) is 0 Å². The molecule has 0 spiro atoms. The fourth-order valence-electron chi connectivity index (χ4n) is 2.31. The number of aryl methyl sites for hydroxylation is 1. The third-order valence-electron chi connectivity index (χ3n) is 3.98. The molecule has 2 atom stereocenters. The van der Waals surface area contributed by atoms with Crippen molar-refractivity contribution in [1.29, 1.82) is 0 Å². The first-order valence-electron chi connectivity index (χ1n) is 7.14. The second-order valence-corrected chi connectivity index (χ2v) is 6.35. The van der Waals surface area contributed by atoms with E-state index in [9.17, 15) is 8.78 Å². The zero-order valence-electron chi connectivity index (χ0n) is 12.5. The molecule has 2 unspecified atom stereocenters. The zero-order valence-corrected chi connectivity index (χ0v) is 14.0. The highest BCUT2D eigenvalue weighted by atomic mass is 79.9. The molecule has 112 valence electrons. The number of hydrogen-bond donors (Lipinski definition) is 0. The third kappa shape index (κ3) is 3.34. The van der Waals surface area contributed by atoms with Crippen molar-refractivity contribution in [2.45, 2.75) is 37.9 Å². The Labute approximate surface area is 133 Å². The quantitative estimate of drug-likeness (QED) is 0.568. The Morgan fingerprint density at radius 2 is 1.57 bits per heavy atom. The maximum atomic E-state index is 14.2. The topological polar surface area (TPSA) is 0 Å². The number of hydrogen-bond acceptors (Lipinski definition) is 0. The van der Waals surface area contributed by atoms with Crippen molar-refractivity contribution in [3.63, 3.8) is 0 Å². The van der Waals surface area contributed by atoms with E-state index in [1.165, 1.54) is 17.7 Å². The summed E-state index contributed by atoms with van der Waals surface area (Å²) in [6, 6.07) is 10.7. The van der Waals surface area contributed by atoms with E-state index in [-0.39, 0.29) is 5.56 Å². The SMILES string of the molecule is CCC(C)c1ccc(C(Br)c2c(F)ccc(C)c2F)cc1. The van der Waals surface area contributed by atoms with E-state index in [4.69, 9.17) is 0 Å². The van der Waals surface area contributed by atoms with Gasteiger partial charge in [0, 0.05) is 5.56 Å². The van der Waals surface area contributed by atoms with Crippen molar-refractivity contribution >= 4 is 15.9 Å². The normalized spacial score (nSPS) is 14.0. The van der Waals surface area contributed by atoms with Crippen LogP contribution in [-0.2, 0) is 0 Å². The van der Waals surface area contributed by atoms with Gasteiger partial charge >= 0.3 is 0 Å². The van der Waals surface area contributed by atoms with Crippen LogP contribution in [0.2, 0.25) is 0 Å². The van der Waals surface area contributed by atoms with Crippen molar-refractivity contribution in [2.24, 2.45) is 0 Å². The van der Waals surface area contributed by atoms with Gasteiger partial charge in [-0.15, -0.1) is 0 Å². The molecular formula is C18H19BrF2. The molecule has 0 aliphatic rings. The Hall–Kier alpha value is -1.22. The molecule has 0 aromatic heterocycles. The fourth-order valence-corrected chi connectivity index (χ4v) is 3.03. The minimum atomic E-state index is -0.522. The summed E-state index contributed by atoms with van der Waals surface area (Å²) in [7, 11) is 0. The summed E-state index contributed by atoms with van der Waals surface area (Å²) < 4.78 is 28.1. The first-order chi connectivity index (χ1) is 9.95. The number of alkyl halides is 1. The standard InChI is InChI=1S/C18H19BrF2/c1-4-11(2)13-6-8-14(9-7-13)17(19)16-15(20)10-5-12(3)18(16)21/h5-11,17H,4H2,1-3H3. The summed E-state index contributed by atoms with van der Waals surface area (Å²) in [4.78, 5) is -0.483. The van der Waals surface area contributed by atoms with Gasteiger partial charge in [-0.2, -0.15) is 0 Å². The fraction of sp³-hybridized carbons (Fsp3) is 0.333. The molecule has 0 saturated carbocycles. The predicted octanol–water partition coefficient (Wildman–Crippen LogP) is 6.27. The van der Waals surface area contributed by atoms with Gasteiger partial charge in [0.15, 0.2) is 0 Å². The summed E-state index contributed by atoms with van der Waals surface area (Å²) in [5.74, 6) is -0.519. The Bertz CT molecular complexity index is 620. The Balaban J connectivity index is 2.37. The van der Waals surface area contributed by atoms with Crippen LogP contribution in [0.3, 0.4) is 0 Å². The molecule has 0 N–H and O–H groups in total. The Morgan fingerprint density at radius 3 is 2.14 bits per heavy atom. The van der Waals surface area contributed by atoms with Gasteiger partial charge in [-0.25, -0.2) is 8.78 Å². The number of halogens is 3. The van der Waals surface area contributed by atoms with Gasteiger partial charge in [-0.1, -0.05) is 60.1 Å². The van der Waals surface area contributed by atoms with Crippen LogP contribution in [0, 0.1) is 18.6 Å². The summed E-state index contributed by atoms with van der Waals surface area (Å²) >= 11 is 3.43. The van der Waals surface area contributed by atoms with Gasteiger partial charge < -0.3 is 0 Å². The van der Waals surface area contributed by atoms with Crippen LogP contribution in [0.1, 0.15) is 53.3 Å². The predicted molar refractivity (Wildman–Crippen MR) is 87.0 cm³/mol. The summed E-state index contributed by atoms with van der Waals surface area (Å²) in [5.41, 5.74) is 2.62. The summed E-state index contributed by atoms with van der Waals surface area (Å²) in [5, 5.41) is 0. The molecule has 0 amide bonds. The maximum absolute atomic E-state index is 14.2. The molecule has 0 radical (unpaired) electrons.